The van der Waals surface area contributed by atoms with E-state index in [0.717, 1.165) is 34.1 Å². The Morgan fingerprint density at radius 3 is 2.52 bits per heavy atom. The molecule has 3 heterocycles. The average Bonchev–Trinajstić information content (AvgIpc) is 3.32. The maximum Gasteiger partial charge on any atom is 0.407 e. The fraction of sp³-hybridized carbons (Fsp3) is 0.455. The van der Waals surface area contributed by atoms with Crippen LogP contribution in [0.5, 0.6) is 0 Å². The summed E-state index contributed by atoms with van der Waals surface area (Å²) in [6.07, 6.45) is 2.68. The fourth-order valence-corrected chi connectivity index (χ4v) is 5.07. The molecule has 31 heavy (non-hydrogen) atoms. The second-order valence-corrected chi connectivity index (χ2v) is 9.54. The Bertz CT molecular complexity index is 1070. The smallest absolute Gasteiger partial charge is 0.407 e. The van der Waals surface area contributed by atoms with Crippen LogP contribution in [0.15, 0.2) is 30.5 Å². The second kappa shape index (κ2) is 8.30. The first kappa shape index (κ1) is 21.3. The molecule has 0 aliphatic carbocycles. The number of carbonyl (C=O) groups excluding carboxylic acids is 1. The SMILES string of the molecule is CC(C)C1CC(c2cn3nc(-c4ccc(C(=O)N(C)C)cc4)sc3n2)CCN1C(=O)O. The van der Waals surface area contributed by atoms with Crippen LogP contribution in [0.25, 0.3) is 15.5 Å². The van der Waals surface area contributed by atoms with Crippen molar-refractivity contribution in [2.45, 2.75) is 38.6 Å². The van der Waals surface area contributed by atoms with Gasteiger partial charge in [0.2, 0.25) is 4.96 Å². The van der Waals surface area contributed by atoms with Gasteiger partial charge in [0.25, 0.3) is 5.91 Å². The van der Waals surface area contributed by atoms with E-state index in [1.54, 1.807) is 23.9 Å². The van der Waals surface area contributed by atoms with Gasteiger partial charge >= 0.3 is 6.09 Å². The summed E-state index contributed by atoms with van der Waals surface area (Å²) in [5.74, 6) is 0.463. The van der Waals surface area contributed by atoms with Crippen molar-refractivity contribution in [3.8, 4) is 10.6 Å². The number of imidazole rings is 1. The topological polar surface area (TPSA) is 91.0 Å². The van der Waals surface area contributed by atoms with Gasteiger partial charge in [0.1, 0.15) is 5.01 Å². The summed E-state index contributed by atoms with van der Waals surface area (Å²) in [7, 11) is 3.47. The molecule has 3 aromatic rings. The zero-order valence-electron chi connectivity index (χ0n) is 18.1. The summed E-state index contributed by atoms with van der Waals surface area (Å²) in [4.78, 5) is 32.4. The standard InChI is InChI=1S/C22H27N5O3S/c1-13(2)18-11-16(9-10-26(18)22(29)30)17-12-27-21(23-17)31-19(24-27)14-5-7-15(8-6-14)20(28)25(3)4/h5-8,12-13,16,18H,9-11H2,1-4H3,(H,29,30). The zero-order valence-corrected chi connectivity index (χ0v) is 19.0. The Morgan fingerprint density at radius 1 is 1.23 bits per heavy atom. The molecule has 1 aromatic carbocycles. The number of nitrogens with zero attached hydrogens (tertiary/aromatic N) is 5. The van der Waals surface area contributed by atoms with E-state index in [4.69, 9.17) is 4.98 Å². The van der Waals surface area contributed by atoms with Crippen LogP contribution in [0, 0.1) is 5.92 Å². The first-order valence-electron chi connectivity index (χ1n) is 10.4. The molecule has 9 heteroatoms. The third kappa shape index (κ3) is 4.14. The highest BCUT2D eigenvalue weighted by Crippen LogP contribution is 2.35. The van der Waals surface area contributed by atoms with Crippen LogP contribution in [0.4, 0.5) is 4.79 Å². The van der Waals surface area contributed by atoms with Gasteiger partial charge in [-0.25, -0.2) is 14.3 Å². The number of carboxylic acid groups (broad SMARTS) is 1. The van der Waals surface area contributed by atoms with Crippen LogP contribution in [-0.4, -0.2) is 68.2 Å². The minimum Gasteiger partial charge on any atom is -0.465 e. The van der Waals surface area contributed by atoms with Gasteiger partial charge in [-0.1, -0.05) is 37.3 Å². The minimum atomic E-state index is -0.840. The highest BCUT2D eigenvalue weighted by molar-refractivity contribution is 7.19. The molecule has 8 nitrogen and oxygen atoms in total. The number of carbonyl (C=O) groups is 2. The molecule has 1 N–H and O–H groups in total. The maximum absolute atomic E-state index is 12.1. The lowest BCUT2D eigenvalue weighted by molar-refractivity contribution is 0.0818. The van der Waals surface area contributed by atoms with Gasteiger partial charge < -0.3 is 14.9 Å². The van der Waals surface area contributed by atoms with E-state index < -0.39 is 6.09 Å². The Balaban J connectivity index is 1.53. The highest BCUT2D eigenvalue weighted by atomic mass is 32.1. The number of benzene rings is 1. The van der Waals surface area contributed by atoms with E-state index in [1.165, 1.54) is 11.3 Å². The molecule has 2 unspecified atom stereocenters. The Labute approximate surface area is 185 Å². The van der Waals surface area contributed by atoms with E-state index in [2.05, 4.69) is 18.9 Å². The molecule has 4 rings (SSSR count). The molecule has 0 radical (unpaired) electrons. The molecular weight excluding hydrogens is 414 g/mol. The first-order chi connectivity index (χ1) is 14.7. The normalized spacial score (nSPS) is 19.2. The summed E-state index contributed by atoms with van der Waals surface area (Å²) in [6.45, 7) is 4.67. The average molecular weight is 442 g/mol. The van der Waals surface area contributed by atoms with Gasteiger partial charge in [-0.2, -0.15) is 5.10 Å². The van der Waals surface area contributed by atoms with Crippen molar-refractivity contribution in [2.75, 3.05) is 20.6 Å². The largest absolute Gasteiger partial charge is 0.465 e. The second-order valence-electron chi connectivity index (χ2n) is 8.59. The molecule has 0 spiro atoms. The Kier molecular flexibility index (Phi) is 5.70. The molecule has 0 saturated carbocycles. The summed E-state index contributed by atoms with van der Waals surface area (Å²) >= 11 is 1.51. The van der Waals surface area contributed by atoms with Crippen LogP contribution >= 0.6 is 11.3 Å². The van der Waals surface area contributed by atoms with Gasteiger partial charge in [0, 0.05) is 43.7 Å². The van der Waals surface area contributed by atoms with Gasteiger partial charge in [0.15, 0.2) is 0 Å². The number of aromatic nitrogens is 3. The summed E-state index contributed by atoms with van der Waals surface area (Å²) in [5, 5.41) is 15.0. The number of amides is 2. The lowest BCUT2D eigenvalue weighted by Crippen LogP contribution is -2.47. The monoisotopic (exact) mass is 441 g/mol. The molecule has 0 bridgehead atoms. The molecule has 1 fully saturated rings. The van der Waals surface area contributed by atoms with E-state index >= 15 is 0 Å². The van der Waals surface area contributed by atoms with E-state index in [0.29, 0.717) is 12.1 Å². The molecule has 1 saturated heterocycles. The Morgan fingerprint density at radius 2 is 1.94 bits per heavy atom. The van der Waals surface area contributed by atoms with Crippen molar-refractivity contribution in [1.29, 1.82) is 0 Å². The molecule has 2 aromatic heterocycles. The Hall–Kier alpha value is -2.94. The maximum atomic E-state index is 12.1. The predicted molar refractivity (Wildman–Crippen MR) is 120 cm³/mol. The van der Waals surface area contributed by atoms with Gasteiger partial charge in [-0.05, 0) is 30.9 Å². The van der Waals surface area contributed by atoms with Crippen molar-refractivity contribution >= 4 is 28.3 Å². The van der Waals surface area contributed by atoms with E-state index in [1.807, 2.05) is 35.0 Å². The van der Waals surface area contributed by atoms with Crippen LogP contribution in [-0.2, 0) is 0 Å². The predicted octanol–water partition coefficient (Wildman–Crippen LogP) is 4.04. The number of rotatable bonds is 4. The lowest BCUT2D eigenvalue weighted by atomic mass is 9.84. The number of likely N-dealkylation sites (tertiary alicyclic amines) is 1. The molecule has 1 aliphatic heterocycles. The van der Waals surface area contributed by atoms with Crippen LogP contribution in [0.3, 0.4) is 0 Å². The lowest BCUT2D eigenvalue weighted by Gasteiger charge is -2.39. The minimum absolute atomic E-state index is 0.00268. The third-order valence-corrected chi connectivity index (χ3v) is 6.90. The highest BCUT2D eigenvalue weighted by Gasteiger charge is 2.35. The molecule has 2 atom stereocenters. The van der Waals surface area contributed by atoms with Crippen LogP contribution in [0.2, 0.25) is 0 Å². The molecule has 164 valence electrons. The number of hydrogen-bond donors (Lipinski definition) is 1. The van der Waals surface area contributed by atoms with Gasteiger partial charge in [-0.15, -0.1) is 0 Å². The van der Waals surface area contributed by atoms with Gasteiger partial charge in [-0.3, -0.25) is 4.79 Å². The summed E-state index contributed by atoms with van der Waals surface area (Å²) in [5.41, 5.74) is 2.57. The number of hydrogen-bond acceptors (Lipinski definition) is 5. The van der Waals surface area contributed by atoms with Gasteiger partial charge in [0.05, 0.1) is 11.9 Å². The molecular formula is C22H27N5O3S. The van der Waals surface area contributed by atoms with E-state index in [9.17, 15) is 14.7 Å². The quantitative estimate of drug-likeness (QED) is 0.660. The van der Waals surface area contributed by atoms with Crippen LogP contribution in [0.1, 0.15) is 48.7 Å². The fourth-order valence-electron chi connectivity index (χ4n) is 4.18. The van der Waals surface area contributed by atoms with Crippen molar-refractivity contribution in [2.24, 2.45) is 5.92 Å². The van der Waals surface area contributed by atoms with Crippen molar-refractivity contribution < 1.29 is 14.7 Å². The third-order valence-electron chi connectivity index (χ3n) is 5.93. The first-order valence-corrected chi connectivity index (χ1v) is 11.2. The zero-order chi connectivity index (χ0) is 22.3. The van der Waals surface area contributed by atoms with E-state index in [-0.39, 0.29) is 23.8 Å². The van der Waals surface area contributed by atoms with Crippen molar-refractivity contribution in [1.82, 2.24) is 24.4 Å². The molecule has 2 amide bonds. The summed E-state index contributed by atoms with van der Waals surface area (Å²) < 4.78 is 1.81. The van der Waals surface area contributed by atoms with Crippen molar-refractivity contribution in [3.63, 3.8) is 0 Å². The number of piperidine rings is 1. The summed E-state index contributed by atoms with van der Waals surface area (Å²) in [6, 6.07) is 7.45. The number of fused-ring (bicyclic) bond motifs is 1. The van der Waals surface area contributed by atoms with Crippen LogP contribution < -0.4 is 0 Å². The molecule has 1 aliphatic rings. The van der Waals surface area contributed by atoms with Crippen molar-refractivity contribution in [3.05, 3.63) is 41.7 Å².